The van der Waals surface area contributed by atoms with Gasteiger partial charge in [-0.25, -0.2) is 17.6 Å². The highest BCUT2D eigenvalue weighted by Gasteiger charge is 2.34. The molecule has 1 aliphatic rings. The van der Waals surface area contributed by atoms with Crippen molar-refractivity contribution in [3.8, 4) is 0 Å². The Hall–Kier alpha value is -0.850. The minimum absolute atomic E-state index is 0. The van der Waals surface area contributed by atoms with Crippen LogP contribution in [-0.2, 0) is 0 Å². The number of piperazine rings is 1. The Labute approximate surface area is 140 Å². The molecule has 0 aliphatic carbocycles. The second-order valence-electron chi connectivity index (χ2n) is 5.88. The van der Waals surface area contributed by atoms with E-state index in [0.717, 1.165) is 12.8 Å². The Morgan fingerprint density at radius 1 is 1.09 bits per heavy atom. The standard InChI is InChI=1S/C16H22F4N2.ClH/c1-3-4-10(2)16(22-7-5-21-6-8-22)13-14(19)11(17)9-12(18)15(13)20;/h9-10,16,21H,3-8H2,1-2H3;1H/t10?,16-;/m1./s1. The van der Waals surface area contributed by atoms with Gasteiger partial charge in [0, 0.05) is 43.9 Å². The first-order valence-corrected chi connectivity index (χ1v) is 7.75. The number of rotatable bonds is 5. The van der Waals surface area contributed by atoms with Crippen molar-refractivity contribution in [3.05, 3.63) is 34.9 Å². The van der Waals surface area contributed by atoms with E-state index in [1.165, 1.54) is 0 Å². The third kappa shape index (κ3) is 4.37. The van der Waals surface area contributed by atoms with Gasteiger partial charge in [-0.1, -0.05) is 20.3 Å². The summed E-state index contributed by atoms with van der Waals surface area (Å²) in [6.07, 6.45) is 1.57. The van der Waals surface area contributed by atoms with Gasteiger partial charge >= 0.3 is 0 Å². The maximum absolute atomic E-state index is 14.2. The Bertz CT molecular complexity index is 495. The lowest BCUT2D eigenvalue weighted by Crippen LogP contribution is -2.47. The van der Waals surface area contributed by atoms with E-state index in [2.05, 4.69) is 5.32 Å². The van der Waals surface area contributed by atoms with Gasteiger partial charge in [0.25, 0.3) is 0 Å². The normalized spacial score (nSPS) is 18.3. The van der Waals surface area contributed by atoms with Crippen molar-refractivity contribution in [2.75, 3.05) is 26.2 Å². The number of hydrogen-bond acceptors (Lipinski definition) is 2. The van der Waals surface area contributed by atoms with Crippen molar-refractivity contribution in [2.45, 2.75) is 32.7 Å². The van der Waals surface area contributed by atoms with E-state index in [1.807, 2.05) is 18.7 Å². The van der Waals surface area contributed by atoms with Crippen LogP contribution in [0.3, 0.4) is 0 Å². The van der Waals surface area contributed by atoms with Crippen LogP contribution < -0.4 is 5.32 Å². The van der Waals surface area contributed by atoms with Gasteiger partial charge in [0.1, 0.15) is 0 Å². The molecule has 1 unspecified atom stereocenters. The Kier molecular flexibility index (Phi) is 7.77. The molecular weight excluding hydrogens is 332 g/mol. The molecule has 0 aromatic heterocycles. The number of nitrogens with one attached hydrogen (secondary N) is 1. The zero-order chi connectivity index (χ0) is 16.3. The molecule has 1 aromatic rings. The molecule has 1 aliphatic heterocycles. The predicted octanol–water partition coefficient (Wildman–Crippen LogP) is 4.05. The van der Waals surface area contributed by atoms with E-state index in [-0.39, 0.29) is 24.4 Å². The molecule has 23 heavy (non-hydrogen) atoms. The molecule has 0 saturated carbocycles. The second kappa shape index (κ2) is 8.85. The molecular formula is C16H23ClF4N2. The van der Waals surface area contributed by atoms with Crippen LogP contribution in [0.15, 0.2) is 6.07 Å². The van der Waals surface area contributed by atoms with Gasteiger partial charge in [-0.15, -0.1) is 12.4 Å². The molecule has 0 bridgehead atoms. The Morgan fingerprint density at radius 3 is 2.09 bits per heavy atom. The first kappa shape index (κ1) is 20.2. The fourth-order valence-electron chi connectivity index (χ4n) is 3.25. The van der Waals surface area contributed by atoms with Crippen LogP contribution in [0.25, 0.3) is 0 Å². The minimum Gasteiger partial charge on any atom is -0.314 e. The van der Waals surface area contributed by atoms with Crippen molar-refractivity contribution in [1.82, 2.24) is 10.2 Å². The van der Waals surface area contributed by atoms with Crippen molar-refractivity contribution < 1.29 is 17.6 Å². The molecule has 1 N–H and O–H groups in total. The van der Waals surface area contributed by atoms with Crippen molar-refractivity contribution in [3.63, 3.8) is 0 Å². The third-order valence-corrected chi connectivity index (χ3v) is 4.27. The lowest BCUT2D eigenvalue weighted by atomic mass is 9.88. The summed E-state index contributed by atoms with van der Waals surface area (Å²) >= 11 is 0. The van der Waals surface area contributed by atoms with Crippen molar-refractivity contribution in [2.24, 2.45) is 5.92 Å². The molecule has 1 heterocycles. The quantitative estimate of drug-likeness (QED) is 0.634. The lowest BCUT2D eigenvalue weighted by Gasteiger charge is -2.39. The highest BCUT2D eigenvalue weighted by Crippen LogP contribution is 2.36. The van der Waals surface area contributed by atoms with E-state index in [9.17, 15) is 17.6 Å². The third-order valence-electron chi connectivity index (χ3n) is 4.27. The number of hydrogen-bond donors (Lipinski definition) is 1. The predicted molar refractivity (Wildman–Crippen MR) is 84.8 cm³/mol. The lowest BCUT2D eigenvalue weighted by molar-refractivity contribution is 0.118. The minimum atomic E-state index is -1.34. The fourth-order valence-corrected chi connectivity index (χ4v) is 3.25. The highest BCUT2D eigenvalue weighted by molar-refractivity contribution is 5.85. The average Bonchev–Trinajstić information content (AvgIpc) is 2.50. The fraction of sp³-hybridized carbons (Fsp3) is 0.625. The van der Waals surface area contributed by atoms with Crippen LogP contribution in [0.4, 0.5) is 17.6 Å². The number of nitrogens with zero attached hydrogens (tertiary/aromatic N) is 1. The molecule has 2 atom stereocenters. The van der Waals surface area contributed by atoms with E-state index < -0.39 is 34.9 Å². The van der Waals surface area contributed by atoms with E-state index in [1.54, 1.807) is 0 Å². The molecule has 2 rings (SSSR count). The molecule has 132 valence electrons. The summed E-state index contributed by atoms with van der Waals surface area (Å²) in [5.41, 5.74) is -0.472. The first-order valence-electron chi connectivity index (χ1n) is 7.75. The van der Waals surface area contributed by atoms with Gasteiger partial charge in [0.2, 0.25) is 0 Å². The van der Waals surface area contributed by atoms with E-state index in [0.29, 0.717) is 26.2 Å². The van der Waals surface area contributed by atoms with Gasteiger partial charge in [-0.2, -0.15) is 0 Å². The van der Waals surface area contributed by atoms with Crippen molar-refractivity contribution >= 4 is 12.4 Å². The van der Waals surface area contributed by atoms with E-state index in [4.69, 9.17) is 0 Å². The van der Waals surface area contributed by atoms with Crippen LogP contribution in [0.2, 0.25) is 0 Å². The maximum Gasteiger partial charge on any atom is 0.166 e. The monoisotopic (exact) mass is 354 g/mol. The topological polar surface area (TPSA) is 15.3 Å². The van der Waals surface area contributed by atoms with Gasteiger partial charge < -0.3 is 5.32 Å². The maximum atomic E-state index is 14.2. The summed E-state index contributed by atoms with van der Waals surface area (Å²) in [4.78, 5) is 1.91. The first-order chi connectivity index (χ1) is 10.5. The Balaban J connectivity index is 0.00000264. The molecule has 2 nitrogen and oxygen atoms in total. The smallest absolute Gasteiger partial charge is 0.166 e. The molecule has 7 heteroatoms. The highest BCUT2D eigenvalue weighted by atomic mass is 35.5. The van der Waals surface area contributed by atoms with Crippen molar-refractivity contribution in [1.29, 1.82) is 0 Å². The van der Waals surface area contributed by atoms with Gasteiger partial charge in [0.05, 0.1) is 0 Å². The molecule has 0 spiro atoms. The zero-order valence-electron chi connectivity index (χ0n) is 13.3. The van der Waals surface area contributed by atoms with Gasteiger partial charge in [0.15, 0.2) is 23.3 Å². The van der Waals surface area contributed by atoms with Crippen LogP contribution in [0.1, 0.15) is 38.3 Å². The SMILES string of the molecule is CCCC(C)[C@H](c1c(F)c(F)cc(F)c1F)N1CCNCC1.Cl. The molecule has 1 saturated heterocycles. The average molecular weight is 355 g/mol. The summed E-state index contributed by atoms with van der Waals surface area (Å²) in [6.45, 7) is 6.42. The van der Waals surface area contributed by atoms with Gasteiger partial charge in [-0.05, 0) is 12.3 Å². The van der Waals surface area contributed by atoms with Crippen LogP contribution in [0.5, 0.6) is 0 Å². The number of benzene rings is 1. The zero-order valence-corrected chi connectivity index (χ0v) is 14.2. The summed E-state index contributed by atoms with van der Waals surface area (Å²) < 4.78 is 55.6. The largest absolute Gasteiger partial charge is 0.314 e. The summed E-state index contributed by atoms with van der Waals surface area (Å²) in [6, 6.07) is -0.389. The second-order valence-corrected chi connectivity index (χ2v) is 5.88. The number of halogens is 5. The van der Waals surface area contributed by atoms with Crippen LogP contribution in [0, 0.1) is 29.2 Å². The molecule has 1 fully saturated rings. The molecule has 0 radical (unpaired) electrons. The summed E-state index contributed by atoms with van der Waals surface area (Å²) in [5.74, 6) is -5.32. The van der Waals surface area contributed by atoms with Crippen LogP contribution in [-0.4, -0.2) is 31.1 Å². The van der Waals surface area contributed by atoms with Crippen LogP contribution >= 0.6 is 12.4 Å². The summed E-state index contributed by atoms with van der Waals surface area (Å²) in [7, 11) is 0. The van der Waals surface area contributed by atoms with E-state index >= 15 is 0 Å². The molecule has 0 amide bonds. The van der Waals surface area contributed by atoms with Gasteiger partial charge in [-0.3, -0.25) is 4.90 Å². The summed E-state index contributed by atoms with van der Waals surface area (Å²) in [5, 5.41) is 3.17. The molecule has 1 aromatic carbocycles. The Morgan fingerprint density at radius 2 is 1.61 bits per heavy atom.